The number of urea groups is 1. The lowest BCUT2D eigenvalue weighted by atomic mass is 9.91. The van der Waals surface area contributed by atoms with Crippen molar-refractivity contribution in [2.45, 2.75) is 27.2 Å². The van der Waals surface area contributed by atoms with Crippen molar-refractivity contribution in [3.63, 3.8) is 0 Å². The van der Waals surface area contributed by atoms with Crippen LogP contribution in [-0.4, -0.2) is 35.1 Å². The summed E-state index contributed by atoms with van der Waals surface area (Å²) in [4.78, 5) is 25.2. The van der Waals surface area contributed by atoms with Gasteiger partial charge in [-0.2, -0.15) is 0 Å². The second-order valence-corrected chi connectivity index (χ2v) is 5.98. The molecule has 1 aromatic carbocycles. The average molecular weight is 290 g/mol. The maximum absolute atomic E-state index is 12.4. The maximum Gasteiger partial charge on any atom is 0.321 e. The van der Waals surface area contributed by atoms with Crippen LogP contribution in [-0.2, 0) is 4.79 Å². The lowest BCUT2D eigenvalue weighted by Gasteiger charge is -2.34. The summed E-state index contributed by atoms with van der Waals surface area (Å²) in [6.07, 6.45) is 0.627. The second kappa shape index (κ2) is 6.16. The average Bonchev–Trinajstić information content (AvgIpc) is 2.42. The molecule has 1 heterocycles. The highest BCUT2D eigenvalue weighted by molar-refractivity contribution is 5.91. The first-order chi connectivity index (χ1) is 9.88. The maximum atomic E-state index is 12.4. The minimum atomic E-state index is -0.827. The fraction of sp³-hybridized carbons (Fsp3) is 0.500. The molecule has 2 unspecified atom stereocenters. The highest BCUT2D eigenvalue weighted by Gasteiger charge is 2.32. The van der Waals surface area contributed by atoms with Crippen LogP contribution >= 0.6 is 0 Å². The summed E-state index contributed by atoms with van der Waals surface area (Å²) in [6, 6.07) is 5.62. The number of aryl methyl sites for hydroxylation is 2. The first kappa shape index (κ1) is 15.4. The Kier molecular flexibility index (Phi) is 4.50. The number of rotatable bonds is 2. The summed E-state index contributed by atoms with van der Waals surface area (Å²) in [5.74, 6) is -1.10. The molecule has 114 valence electrons. The van der Waals surface area contributed by atoms with E-state index < -0.39 is 11.9 Å². The highest BCUT2D eigenvalue weighted by atomic mass is 16.4. The van der Waals surface area contributed by atoms with Gasteiger partial charge in [0, 0.05) is 18.8 Å². The van der Waals surface area contributed by atoms with E-state index in [4.69, 9.17) is 0 Å². The van der Waals surface area contributed by atoms with Gasteiger partial charge in [-0.1, -0.05) is 25.1 Å². The van der Waals surface area contributed by atoms with Crippen molar-refractivity contribution in [2.24, 2.45) is 11.8 Å². The van der Waals surface area contributed by atoms with Crippen LogP contribution < -0.4 is 5.32 Å². The molecule has 1 fully saturated rings. The Bertz CT molecular complexity index is 536. The minimum Gasteiger partial charge on any atom is -0.481 e. The number of carboxylic acid groups (broad SMARTS) is 1. The predicted octanol–water partition coefficient (Wildman–Crippen LogP) is 2.88. The van der Waals surface area contributed by atoms with Crippen LogP contribution in [0.5, 0.6) is 0 Å². The largest absolute Gasteiger partial charge is 0.481 e. The van der Waals surface area contributed by atoms with Gasteiger partial charge in [-0.25, -0.2) is 4.79 Å². The monoisotopic (exact) mass is 290 g/mol. The molecule has 1 aliphatic heterocycles. The van der Waals surface area contributed by atoms with Crippen LogP contribution in [0.1, 0.15) is 24.5 Å². The lowest BCUT2D eigenvalue weighted by Crippen LogP contribution is -2.47. The van der Waals surface area contributed by atoms with Gasteiger partial charge in [0.25, 0.3) is 0 Å². The number of benzene rings is 1. The third-order valence-corrected chi connectivity index (χ3v) is 4.01. The molecule has 2 atom stereocenters. The minimum absolute atomic E-state index is 0.198. The second-order valence-electron chi connectivity index (χ2n) is 5.98. The van der Waals surface area contributed by atoms with Gasteiger partial charge in [0.1, 0.15) is 0 Å². The van der Waals surface area contributed by atoms with Crippen LogP contribution in [0.2, 0.25) is 0 Å². The summed E-state index contributed by atoms with van der Waals surface area (Å²) in [5, 5.41) is 12.1. The Morgan fingerprint density at radius 3 is 2.43 bits per heavy atom. The van der Waals surface area contributed by atoms with Gasteiger partial charge in [-0.05, 0) is 37.3 Å². The van der Waals surface area contributed by atoms with Gasteiger partial charge in [0.2, 0.25) is 0 Å². The molecular formula is C16H22N2O3. The summed E-state index contributed by atoms with van der Waals surface area (Å²) < 4.78 is 0. The molecule has 2 rings (SSSR count). The van der Waals surface area contributed by atoms with E-state index in [9.17, 15) is 14.7 Å². The van der Waals surface area contributed by atoms with Gasteiger partial charge < -0.3 is 15.3 Å². The normalized spacial score (nSPS) is 22.0. The van der Waals surface area contributed by atoms with Crippen LogP contribution in [0, 0.1) is 25.7 Å². The van der Waals surface area contributed by atoms with Gasteiger partial charge >= 0.3 is 12.0 Å². The van der Waals surface area contributed by atoms with Crippen LogP contribution in [0.15, 0.2) is 18.2 Å². The molecule has 0 bridgehead atoms. The Balaban J connectivity index is 2.11. The quantitative estimate of drug-likeness (QED) is 0.880. The fourth-order valence-electron chi connectivity index (χ4n) is 2.89. The smallest absolute Gasteiger partial charge is 0.321 e. The van der Waals surface area contributed by atoms with Crippen LogP contribution in [0.4, 0.5) is 10.5 Å². The number of hydrogen-bond acceptors (Lipinski definition) is 2. The Morgan fingerprint density at radius 1 is 1.24 bits per heavy atom. The van der Waals surface area contributed by atoms with E-state index >= 15 is 0 Å². The number of likely N-dealkylation sites (tertiary alicyclic amines) is 1. The first-order valence-corrected chi connectivity index (χ1v) is 7.23. The van der Waals surface area contributed by atoms with E-state index in [-0.39, 0.29) is 18.5 Å². The zero-order chi connectivity index (χ0) is 15.6. The fourth-order valence-corrected chi connectivity index (χ4v) is 2.89. The van der Waals surface area contributed by atoms with E-state index in [2.05, 4.69) is 5.32 Å². The molecule has 5 heteroatoms. The molecule has 21 heavy (non-hydrogen) atoms. The highest BCUT2D eigenvalue weighted by Crippen LogP contribution is 2.24. The Labute approximate surface area is 125 Å². The van der Waals surface area contributed by atoms with Crippen molar-refractivity contribution < 1.29 is 14.7 Å². The van der Waals surface area contributed by atoms with Crippen molar-refractivity contribution in [1.82, 2.24) is 4.90 Å². The number of carbonyl (C=O) groups excluding carboxylic acids is 1. The van der Waals surface area contributed by atoms with Gasteiger partial charge in [0.15, 0.2) is 0 Å². The molecule has 2 amide bonds. The van der Waals surface area contributed by atoms with Crippen molar-refractivity contribution in [3.8, 4) is 0 Å². The molecule has 2 N–H and O–H groups in total. The molecule has 1 aromatic rings. The molecule has 1 saturated heterocycles. The Hall–Kier alpha value is -2.04. The number of hydrogen-bond donors (Lipinski definition) is 2. The number of nitrogens with zero attached hydrogens (tertiary/aromatic N) is 1. The number of anilines is 1. The third-order valence-electron chi connectivity index (χ3n) is 4.01. The van der Waals surface area contributed by atoms with E-state index in [1.165, 1.54) is 0 Å². The number of carbonyl (C=O) groups is 2. The number of piperidine rings is 1. The number of nitrogens with one attached hydrogen (secondary N) is 1. The van der Waals surface area contributed by atoms with E-state index in [1.54, 1.807) is 4.90 Å². The topological polar surface area (TPSA) is 69.6 Å². The van der Waals surface area contributed by atoms with Crippen molar-refractivity contribution in [2.75, 3.05) is 18.4 Å². The molecule has 0 aliphatic carbocycles. The summed E-state index contributed by atoms with van der Waals surface area (Å²) in [6.45, 7) is 6.74. The summed E-state index contributed by atoms with van der Waals surface area (Å²) in [7, 11) is 0. The summed E-state index contributed by atoms with van der Waals surface area (Å²) >= 11 is 0. The molecule has 0 spiro atoms. The van der Waals surface area contributed by atoms with E-state index in [0.717, 1.165) is 16.8 Å². The lowest BCUT2D eigenvalue weighted by molar-refractivity contribution is -0.143. The van der Waals surface area contributed by atoms with Gasteiger partial charge in [-0.15, -0.1) is 0 Å². The zero-order valence-electron chi connectivity index (χ0n) is 12.7. The van der Waals surface area contributed by atoms with Gasteiger partial charge in [0.05, 0.1) is 5.92 Å². The number of amides is 2. The zero-order valence-corrected chi connectivity index (χ0v) is 12.7. The molecule has 1 aliphatic rings. The Morgan fingerprint density at radius 2 is 1.86 bits per heavy atom. The van der Waals surface area contributed by atoms with Crippen molar-refractivity contribution >= 4 is 17.7 Å². The molecular weight excluding hydrogens is 268 g/mol. The third kappa shape index (κ3) is 3.54. The number of aliphatic carboxylic acids is 1. The number of carboxylic acids is 1. The molecule has 5 nitrogen and oxygen atoms in total. The predicted molar refractivity (Wildman–Crippen MR) is 81.4 cm³/mol. The van der Waals surface area contributed by atoms with E-state index in [1.807, 2.05) is 39.0 Å². The van der Waals surface area contributed by atoms with Crippen molar-refractivity contribution in [3.05, 3.63) is 29.3 Å². The number of para-hydroxylation sites is 1. The molecule has 0 saturated carbocycles. The molecule has 0 radical (unpaired) electrons. The SMILES string of the molecule is Cc1cccc(C)c1NC(=O)N1CC(C)CC(C(=O)O)C1. The van der Waals surface area contributed by atoms with E-state index in [0.29, 0.717) is 13.0 Å². The van der Waals surface area contributed by atoms with Gasteiger partial charge in [-0.3, -0.25) is 4.79 Å². The first-order valence-electron chi connectivity index (χ1n) is 7.23. The molecule has 0 aromatic heterocycles. The van der Waals surface area contributed by atoms with Crippen LogP contribution in [0.25, 0.3) is 0 Å². The van der Waals surface area contributed by atoms with Crippen LogP contribution in [0.3, 0.4) is 0 Å². The van der Waals surface area contributed by atoms with Crippen molar-refractivity contribution in [1.29, 1.82) is 0 Å². The summed E-state index contributed by atoms with van der Waals surface area (Å²) in [5.41, 5.74) is 2.82. The standard InChI is InChI=1S/C16H22N2O3/c1-10-7-13(15(19)20)9-18(8-10)16(21)17-14-11(2)5-4-6-12(14)3/h4-6,10,13H,7-9H2,1-3H3,(H,17,21)(H,19,20).